The fourth-order valence-corrected chi connectivity index (χ4v) is 8.17. The van der Waals surface area contributed by atoms with Gasteiger partial charge in [0.05, 0.1) is 45.1 Å². The maximum Gasteiger partial charge on any atom is 0.410 e. The smallest absolute Gasteiger partial charge is 0.410 e. The van der Waals surface area contributed by atoms with Crippen LogP contribution < -0.4 is 0 Å². The lowest BCUT2D eigenvalue weighted by Gasteiger charge is -2.52. The highest BCUT2D eigenvalue weighted by Crippen LogP contribution is 2.39. The van der Waals surface area contributed by atoms with Crippen molar-refractivity contribution in [3.63, 3.8) is 0 Å². The van der Waals surface area contributed by atoms with Crippen LogP contribution in [0.25, 0.3) is 0 Å². The first-order chi connectivity index (χ1) is 30.4. The van der Waals surface area contributed by atoms with Crippen molar-refractivity contribution in [3.8, 4) is 0 Å². The molecule has 0 spiro atoms. The first-order valence-corrected chi connectivity index (χ1v) is 21.1. The monoisotopic (exact) mass is 843 g/mol. The molecule has 0 saturated carbocycles. The Hall–Kier alpha value is -5.44. The van der Waals surface area contributed by atoms with Crippen molar-refractivity contribution < 1.29 is 52.2 Å². The number of esters is 1. The number of piperidine rings is 1. The molecular formula is C50H53NO11. The third kappa shape index (κ3) is 10.9. The molecule has 3 heterocycles. The SMILES string of the molecule is CC(=O)O[C@H]1CN(C(=O)OCc2ccccc2)[C@@H]2COC(c3ccccc3)O[C@H]2[C@@H]1O[C@@H]1O[C@@H](C)[C@@H](OCc2ccccc2)[C@@H](OCc2ccccc2)[C@@H]1OCc1ccccc1. The molecule has 324 valence electrons. The van der Waals surface area contributed by atoms with Gasteiger partial charge in [0.1, 0.15) is 43.2 Å². The van der Waals surface area contributed by atoms with Crippen LogP contribution in [-0.4, -0.2) is 85.2 Å². The van der Waals surface area contributed by atoms with Crippen LogP contribution in [0, 0.1) is 0 Å². The lowest BCUT2D eigenvalue weighted by molar-refractivity contribution is -0.358. The summed E-state index contributed by atoms with van der Waals surface area (Å²) in [5.41, 5.74) is 4.51. The number of amides is 1. The molecule has 5 aromatic carbocycles. The van der Waals surface area contributed by atoms with Gasteiger partial charge in [0, 0.05) is 12.5 Å². The maximum atomic E-state index is 14.0. The molecule has 0 aliphatic carbocycles. The number of ether oxygens (including phenoxy) is 9. The molecule has 0 N–H and O–H groups in total. The van der Waals surface area contributed by atoms with Gasteiger partial charge in [0.2, 0.25) is 0 Å². The molecule has 5 aromatic rings. The van der Waals surface area contributed by atoms with E-state index in [1.54, 1.807) is 0 Å². The highest BCUT2D eigenvalue weighted by molar-refractivity contribution is 5.69. The number of fused-ring (bicyclic) bond motifs is 1. The minimum Gasteiger partial charge on any atom is -0.458 e. The summed E-state index contributed by atoms with van der Waals surface area (Å²) in [7, 11) is 0. The van der Waals surface area contributed by atoms with Gasteiger partial charge in [0.25, 0.3) is 0 Å². The van der Waals surface area contributed by atoms with Crippen LogP contribution in [-0.2, 0) is 73.9 Å². The third-order valence-electron chi connectivity index (χ3n) is 11.2. The maximum absolute atomic E-state index is 14.0. The fourth-order valence-electron chi connectivity index (χ4n) is 8.17. The van der Waals surface area contributed by atoms with Crippen LogP contribution in [0.1, 0.15) is 48.0 Å². The number of likely N-dealkylation sites (tertiary alicyclic amines) is 1. The van der Waals surface area contributed by atoms with E-state index < -0.39 is 73.4 Å². The minimum atomic E-state index is -1.08. The molecule has 62 heavy (non-hydrogen) atoms. The number of nitrogens with zero attached hydrogens (tertiary/aromatic N) is 1. The summed E-state index contributed by atoms with van der Waals surface area (Å²) in [5, 5.41) is 0. The fraction of sp³-hybridized carbons (Fsp3) is 0.360. The van der Waals surface area contributed by atoms with Gasteiger partial charge in [-0.15, -0.1) is 0 Å². The molecule has 10 atom stereocenters. The van der Waals surface area contributed by atoms with E-state index in [4.69, 9.17) is 42.6 Å². The Morgan fingerprint density at radius 3 is 1.61 bits per heavy atom. The van der Waals surface area contributed by atoms with E-state index in [0.29, 0.717) is 6.61 Å². The summed E-state index contributed by atoms with van der Waals surface area (Å²) >= 11 is 0. The summed E-state index contributed by atoms with van der Waals surface area (Å²) in [6.07, 6.45) is -8.02. The molecule has 1 amide bonds. The molecule has 3 aliphatic heterocycles. The number of benzene rings is 5. The molecule has 3 fully saturated rings. The quantitative estimate of drug-likeness (QED) is 0.0956. The number of hydrogen-bond acceptors (Lipinski definition) is 11. The van der Waals surface area contributed by atoms with Gasteiger partial charge in [0.15, 0.2) is 12.6 Å². The van der Waals surface area contributed by atoms with Crippen LogP contribution in [0.5, 0.6) is 0 Å². The number of carbonyl (C=O) groups is 2. The van der Waals surface area contributed by atoms with Crippen molar-refractivity contribution in [3.05, 3.63) is 179 Å². The van der Waals surface area contributed by atoms with E-state index >= 15 is 0 Å². The average Bonchev–Trinajstić information content (AvgIpc) is 3.31. The molecule has 8 rings (SSSR count). The lowest BCUT2D eigenvalue weighted by Crippen LogP contribution is -2.69. The zero-order chi connectivity index (χ0) is 42.7. The van der Waals surface area contributed by atoms with Crippen molar-refractivity contribution in [1.82, 2.24) is 4.90 Å². The highest BCUT2D eigenvalue weighted by atomic mass is 16.7. The van der Waals surface area contributed by atoms with Gasteiger partial charge >= 0.3 is 12.1 Å². The minimum absolute atomic E-state index is 0.0478. The van der Waals surface area contributed by atoms with Gasteiger partial charge in [-0.2, -0.15) is 0 Å². The van der Waals surface area contributed by atoms with Gasteiger partial charge in [-0.05, 0) is 29.2 Å². The lowest BCUT2D eigenvalue weighted by atomic mass is 9.92. The van der Waals surface area contributed by atoms with Crippen molar-refractivity contribution >= 4 is 12.1 Å². The largest absolute Gasteiger partial charge is 0.458 e. The normalized spacial score (nSPS) is 27.2. The number of rotatable bonds is 15. The Morgan fingerprint density at radius 2 is 1.08 bits per heavy atom. The zero-order valence-electron chi connectivity index (χ0n) is 34.9. The predicted molar refractivity (Wildman–Crippen MR) is 227 cm³/mol. The van der Waals surface area contributed by atoms with Crippen LogP contribution >= 0.6 is 0 Å². The second kappa shape index (κ2) is 21.1. The molecule has 3 saturated heterocycles. The summed E-state index contributed by atoms with van der Waals surface area (Å²) in [4.78, 5) is 28.4. The summed E-state index contributed by atoms with van der Waals surface area (Å²) in [6.45, 7) is 4.12. The van der Waals surface area contributed by atoms with Gasteiger partial charge < -0.3 is 42.6 Å². The first-order valence-electron chi connectivity index (χ1n) is 21.1. The Bertz CT molecular complexity index is 2130. The summed E-state index contributed by atoms with van der Waals surface area (Å²) in [6, 6.07) is 47.9. The first kappa shape index (κ1) is 43.2. The third-order valence-corrected chi connectivity index (χ3v) is 11.2. The second-order valence-corrected chi connectivity index (χ2v) is 15.7. The van der Waals surface area contributed by atoms with Crippen LogP contribution in [0.4, 0.5) is 4.79 Å². The molecule has 1 unspecified atom stereocenters. The molecular weight excluding hydrogens is 791 g/mol. The molecule has 0 aromatic heterocycles. The van der Waals surface area contributed by atoms with E-state index in [1.807, 2.05) is 159 Å². The molecule has 12 heteroatoms. The number of carbonyl (C=O) groups excluding carboxylic acids is 2. The van der Waals surface area contributed by atoms with Gasteiger partial charge in [-0.25, -0.2) is 4.79 Å². The zero-order valence-corrected chi connectivity index (χ0v) is 34.9. The van der Waals surface area contributed by atoms with E-state index in [-0.39, 0.29) is 33.0 Å². The molecule has 0 radical (unpaired) electrons. The van der Waals surface area contributed by atoms with Crippen molar-refractivity contribution in [2.75, 3.05) is 13.2 Å². The second-order valence-electron chi connectivity index (χ2n) is 15.7. The molecule has 3 aliphatic rings. The van der Waals surface area contributed by atoms with Gasteiger partial charge in [-0.3, -0.25) is 9.69 Å². The van der Waals surface area contributed by atoms with Crippen LogP contribution in [0.2, 0.25) is 0 Å². The van der Waals surface area contributed by atoms with Crippen LogP contribution in [0.3, 0.4) is 0 Å². The summed E-state index contributed by atoms with van der Waals surface area (Å²) < 4.78 is 59.1. The molecule has 0 bridgehead atoms. The predicted octanol–water partition coefficient (Wildman–Crippen LogP) is 7.94. The Balaban J connectivity index is 1.13. The van der Waals surface area contributed by atoms with E-state index in [1.165, 1.54) is 11.8 Å². The van der Waals surface area contributed by atoms with E-state index in [0.717, 1.165) is 27.8 Å². The highest BCUT2D eigenvalue weighted by Gasteiger charge is 2.56. The van der Waals surface area contributed by atoms with Crippen LogP contribution in [0.15, 0.2) is 152 Å². The van der Waals surface area contributed by atoms with E-state index in [9.17, 15) is 9.59 Å². The standard InChI is InChI=1S/C50H53NO11/c1-34-43(54-29-36-18-8-3-9-19-36)46(55-30-37-20-10-4-11-21-37)47(56-31-38-22-12-5-13-23-38)49(59-34)62-45-42(60-35(2)52)28-51(50(53)58-32-39-24-14-6-15-25-39)41-33-57-48(61-44(41)45)40-26-16-7-17-27-40/h3-27,34,41-49H,28-33H2,1-2H3/t34-,41+,42-,43+,44+,45+,46+,47-,48?,49-/m0/s1. The Kier molecular flexibility index (Phi) is 14.7. The summed E-state index contributed by atoms with van der Waals surface area (Å²) in [5.74, 6) is -0.556. The van der Waals surface area contributed by atoms with Crippen molar-refractivity contribution in [1.29, 1.82) is 0 Å². The number of hydrogen-bond donors (Lipinski definition) is 0. The molecule has 12 nitrogen and oxygen atoms in total. The van der Waals surface area contributed by atoms with Crippen molar-refractivity contribution in [2.45, 2.75) is 102 Å². The van der Waals surface area contributed by atoms with E-state index in [2.05, 4.69) is 0 Å². The Morgan fingerprint density at radius 1 is 0.597 bits per heavy atom. The van der Waals surface area contributed by atoms with Gasteiger partial charge in [-0.1, -0.05) is 152 Å². The van der Waals surface area contributed by atoms with Crippen molar-refractivity contribution in [2.24, 2.45) is 0 Å². The Labute approximate surface area is 362 Å². The topological polar surface area (TPSA) is 120 Å². The average molecular weight is 844 g/mol.